The Morgan fingerprint density at radius 3 is 1.33 bits per heavy atom. The minimum absolute atomic E-state index is 0.547. The van der Waals surface area contributed by atoms with Crippen LogP contribution in [0, 0.1) is 20.2 Å². The van der Waals surface area contributed by atoms with E-state index in [1.54, 1.807) is 24.3 Å². The summed E-state index contributed by atoms with van der Waals surface area (Å²) in [5.74, 6) is 0. The molecule has 0 aliphatic rings. The lowest BCUT2D eigenvalue weighted by atomic mass is 10.0. The lowest BCUT2D eigenvalue weighted by molar-refractivity contribution is -0.477. The van der Waals surface area contributed by atoms with Crippen molar-refractivity contribution in [1.82, 2.24) is 0 Å². The third-order valence-corrected chi connectivity index (χ3v) is 4.89. The molecule has 0 spiro atoms. The van der Waals surface area contributed by atoms with E-state index in [0.717, 1.165) is 21.5 Å². The van der Waals surface area contributed by atoms with Crippen molar-refractivity contribution in [1.29, 1.82) is 0 Å². The van der Waals surface area contributed by atoms with Crippen LogP contribution in [0.1, 0.15) is 11.1 Å². The van der Waals surface area contributed by atoms with E-state index in [1.165, 1.54) is 12.2 Å². The van der Waals surface area contributed by atoms with Crippen molar-refractivity contribution in [2.75, 3.05) is 0 Å². The van der Waals surface area contributed by atoms with Gasteiger partial charge in [0.15, 0.2) is 0 Å². The number of benzene rings is 4. The lowest BCUT2D eigenvalue weighted by Crippen LogP contribution is -2.09. The molecule has 0 aliphatic heterocycles. The van der Waals surface area contributed by atoms with Gasteiger partial charge in [0.1, 0.15) is 0 Å². The Bertz CT molecular complexity index is 1240. The normalized spacial score (nSPS) is 12.3. The molecule has 0 atom stereocenters. The van der Waals surface area contributed by atoms with Gasteiger partial charge in [0.2, 0.25) is 0 Å². The van der Waals surface area contributed by atoms with Gasteiger partial charge in [-0.3, -0.25) is 20.2 Å². The Kier molecular flexibility index (Phi) is 5.05. The monoisotopic (exact) mass is 396 g/mol. The van der Waals surface area contributed by atoms with E-state index >= 15 is 0 Å². The van der Waals surface area contributed by atoms with Crippen molar-refractivity contribution < 1.29 is 9.85 Å². The number of nitro groups is 2. The summed E-state index contributed by atoms with van der Waals surface area (Å²) in [6, 6.07) is 25.6. The smallest absolute Gasteiger partial charge is 0.258 e. The van der Waals surface area contributed by atoms with Gasteiger partial charge >= 0.3 is 11.4 Å². The van der Waals surface area contributed by atoms with Crippen LogP contribution < -0.4 is 0 Å². The third kappa shape index (κ3) is 3.66. The van der Waals surface area contributed by atoms with Crippen molar-refractivity contribution in [3.05, 3.63) is 128 Å². The number of hydrogen-bond donors (Lipinski definition) is 0. The largest absolute Gasteiger partial charge is 0.346 e. The standard InChI is InChI=1S/C24H16N2O4/c27-25(28)23(15-19-11-5-9-17-7-1-3-13-21(17)19)24(26(29)30)16-20-12-6-10-18-8-2-4-14-22(18)20/h1-16H/b23-15-,24-16-. The van der Waals surface area contributed by atoms with Crippen LogP contribution >= 0.6 is 0 Å². The van der Waals surface area contributed by atoms with Crippen molar-refractivity contribution >= 4 is 33.7 Å². The van der Waals surface area contributed by atoms with E-state index in [1.807, 2.05) is 60.7 Å². The van der Waals surface area contributed by atoms with Crippen molar-refractivity contribution in [3.8, 4) is 0 Å². The molecule has 0 saturated heterocycles. The zero-order valence-corrected chi connectivity index (χ0v) is 15.8. The quantitative estimate of drug-likeness (QED) is 0.238. The molecule has 0 aliphatic carbocycles. The first-order chi connectivity index (χ1) is 14.5. The average molecular weight is 396 g/mol. The molecule has 4 aromatic carbocycles. The summed E-state index contributed by atoms with van der Waals surface area (Å²) >= 11 is 0. The molecule has 0 N–H and O–H groups in total. The second-order valence-electron chi connectivity index (χ2n) is 6.71. The molecule has 0 radical (unpaired) electrons. The number of rotatable bonds is 5. The summed E-state index contributed by atoms with van der Waals surface area (Å²) in [6.45, 7) is 0. The molecule has 4 rings (SSSR count). The summed E-state index contributed by atoms with van der Waals surface area (Å²) in [6.07, 6.45) is 2.53. The summed E-state index contributed by atoms with van der Waals surface area (Å²) < 4.78 is 0. The predicted octanol–water partition coefficient (Wildman–Crippen LogP) is 5.93. The third-order valence-electron chi connectivity index (χ3n) is 4.89. The molecular formula is C24H16N2O4. The zero-order chi connectivity index (χ0) is 21.1. The summed E-state index contributed by atoms with van der Waals surface area (Å²) in [4.78, 5) is 22.2. The summed E-state index contributed by atoms with van der Waals surface area (Å²) in [5.41, 5.74) is -0.0375. The number of hydrogen-bond acceptors (Lipinski definition) is 4. The van der Waals surface area contributed by atoms with Gasteiger partial charge in [-0.15, -0.1) is 0 Å². The Labute approximate surface area is 171 Å². The molecule has 6 nitrogen and oxygen atoms in total. The van der Waals surface area contributed by atoms with Crippen molar-refractivity contribution in [3.63, 3.8) is 0 Å². The van der Waals surface area contributed by atoms with Crippen LogP contribution in [-0.4, -0.2) is 9.85 Å². The van der Waals surface area contributed by atoms with Crippen molar-refractivity contribution in [2.24, 2.45) is 0 Å². The summed E-state index contributed by atoms with van der Waals surface area (Å²) in [7, 11) is 0. The molecule has 4 aromatic rings. The predicted molar refractivity (Wildman–Crippen MR) is 118 cm³/mol. The molecule has 0 bridgehead atoms. The highest BCUT2D eigenvalue weighted by Crippen LogP contribution is 2.27. The van der Waals surface area contributed by atoms with Gasteiger partial charge in [0.05, 0.1) is 9.85 Å². The first kappa shape index (κ1) is 19.0. The number of fused-ring (bicyclic) bond motifs is 2. The first-order valence-electron chi connectivity index (χ1n) is 9.22. The molecule has 0 unspecified atom stereocenters. The molecule has 146 valence electrons. The maximum absolute atomic E-state index is 11.8. The minimum atomic E-state index is -0.707. The molecule has 0 amide bonds. The fourth-order valence-electron chi connectivity index (χ4n) is 3.49. The van der Waals surface area contributed by atoms with E-state index in [-0.39, 0.29) is 0 Å². The maximum Gasteiger partial charge on any atom is 0.346 e. The Morgan fingerprint density at radius 1 is 0.567 bits per heavy atom. The van der Waals surface area contributed by atoms with Gasteiger partial charge in [-0.05, 0) is 32.7 Å². The van der Waals surface area contributed by atoms with Gasteiger partial charge < -0.3 is 0 Å². The van der Waals surface area contributed by atoms with Crippen LogP contribution in [-0.2, 0) is 0 Å². The van der Waals surface area contributed by atoms with Gasteiger partial charge in [-0.1, -0.05) is 84.9 Å². The van der Waals surface area contributed by atoms with Gasteiger partial charge in [-0.25, -0.2) is 0 Å². The fraction of sp³-hybridized carbons (Fsp3) is 0. The Hall–Kier alpha value is -4.32. The van der Waals surface area contributed by atoms with Crippen LogP contribution in [0.3, 0.4) is 0 Å². The van der Waals surface area contributed by atoms with E-state index in [4.69, 9.17) is 0 Å². The molecule has 0 heterocycles. The van der Waals surface area contributed by atoms with Crippen LogP contribution in [0.25, 0.3) is 33.7 Å². The highest BCUT2D eigenvalue weighted by molar-refractivity contribution is 5.92. The van der Waals surface area contributed by atoms with E-state index in [9.17, 15) is 20.2 Å². The van der Waals surface area contributed by atoms with Gasteiger partial charge in [0.25, 0.3) is 0 Å². The van der Waals surface area contributed by atoms with Crippen LogP contribution in [0.15, 0.2) is 96.3 Å². The van der Waals surface area contributed by atoms with E-state index < -0.39 is 21.2 Å². The molecule has 6 heteroatoms. The highest BCUT2D eigenvalue weighted by atomic mass is 16.6. The molecule has 0 aromatic heterocycles. The minimum Gasteiger partial charge on any atom is -0.258 e. The Balaban J connectivity index is 1.93. The Morgan fingerprint density at radius 2 is 0.933 bits per heavy atom. The second-order valence-corrected chi connectivity index (χ2v) is 6.71. The van der Waals surface area contributed by atoms with E-state index in [0.29, 0.717) is 11.1 Å². The fourth-order valence-corrected chi connectivity index (χ4v) is 3.49. The SMILES string of the molecule is O=[N+]([O-])C(=C\c1cccc2ccccc12)/C(=C/c1cccc2ccccc12)[N+](=O)[O-]. The second kappa shape index (κ2) is 7.97. The van der Waals surface area contributed by atoms with E-state index in [2.05, 4.69) is 0 Å². The first-order valence-corrected chi connectivity index (χ1v) is 9.22. The summed E-state index contributed by atoms with van der Waals surface area (Å²) in [5, 5.41) is 27.0. The molecule has 0 fully saturated rings. The molecular weight excluding hydrogens is 380 g/mol. The zero-order valence-electron chi connectivity index (χ0n) is 15.8. The van der Waals surface area contributed by atoms with Gasteiger partial charge in [0, 0.05) is 12.2 Å². The van der Waals surface area contributed by atoms with Crippen molar-refractivity contribution in [2.45, 2.75) is 0 Å². The molecule has 0 saturated carbocycles. The van der Waals surface area contributed by atoms with Crippen LogP contribution in [0.4, 0.5) is 0 Å². The van der Waals surface area contributed by atoms with Crippen LogP contribution in [0.2, 0.25) is 0 Å². The van der Waals surface area contributed by atoms with Gasteiger partial charge in [-0.2, -0.15) is 0 Å². The average Bonchev–Trinajstić information content (AvgIpc) is 2.76. The number of nitrogens with zero attached hydrogens (tertiary/aromatic N) is 2. The molecule has 30 heavy (non-hydrogen) atoms. The topological polar surface area (TPSA) is 86.3 Å². The highest BCUT2D eigenvalue weighted by Gasteiger charge is 2.29. The van der Waals surface area contributed by atoms with Crippen LogP contribution in [0.5, 0.6) is 0 Å². The lowest BCUT2D eigenvalue weighted by Gasteiger charge is -2.04. The maximum atomic E-state index is 11.8.